The van der Waals surface area contributed by atoms with Gasteiger partial charge in [0.1, 0.15) is 13.2 Å². The highest BCUT2D eigenvalue weighted by Crippen LogP contribution is 2.37. The van der Waals surface area contributed by atoms with Gasteiger partial charge in [0.05, 0.1) is 0 Å². The van der Waals surface area contributed by atoms with Crippen molar-refractivity contribution in [3.05, 3.63) is 0 Å². The first kappa shape index (κ1) is 20.2. The van der Waals surface area contributed by atoms with Crippen LogP contribution < -0.4 is 0 Å². The Hall–Kier alpha value is 0.177. The van der Waals surface area contributed by atoms with E-state index < -0.39 is 7.38 Å². The summed E-state index contributed by atoms with van der Waals surface area (Å²) in [5.41, 5.74) is -0.102. The minimum absolute atomic E-state index is 0.102. The quantitative estimate of drug-likeness (QED) is 0.398. The van der Waals surface area contributed by atoms with Crippen molar-refractivity contribution in [2.75, 3.05) is 0 Å². The van der Waals surface area contributed by atoms with Gasteiger partial charge in [-0.3, -0.25) is 4.79 Å². The molecule has 1 aliphatic rings. The summed E-state index contributed by atoms with van der Waals surface area (Å²) in [6.45, 7) is 8.82. The number of halogens is 1. The Morgan fingerprint density at radius 2 is 1.64 bits per heavy atom. The van der Waals surface area contributed by atoms with Crippen molar-refractivity contribution in [1.82, 2.24) is 0 Å². The van der Waals surface area contributed by atoms with Gasteiger partial charge in [0.2, 0.25) is 0 Å². The molecule has 1 aliphatic carbocycles. The van der Waals surface area contributed by atoms with Crippen LogP contribution in [-0.4, -0.2) is 13.2 Å². The Labute approximate surface area is 144 Å². The summed E-state index contributed by atoms with van der Waals surface area (Å²) < 4.78 is 0. The molecule has 0 saturated heterocycles. The number of carbonyl (C=O) groups is 1. The molecule has 1 fully saturated rings. The fourth-order valence-electron chi connectivity index (χ4n) is 3.85. The van der Waals surface area contributed by atoms with Crippen molar-refractivity contribution in [3.63, 3.8) is 0 Å². The number of rotatable bonds is 4. The molecule has 0 bridgehead atoms. The van der Waals surface area contributed by atoms with Crippen LogP contribution >= 0.6 is 11.1 Å². The van der Waals surface area contributed by atoms with Gasteiger partial charge in [-0.05, 0) is 25.3 Å². The van der Waals surface area contributed by atoms with Crippen molar-refractivity contribution >= 4 is 24.2 Å². The van der Waals surface area contributed by atoms with E-state index in [1.54, 1.807) is 0 Å². The maximum absolute atomic E-state index is 13.0. The van der Waals surface area contributed by atoms with Gasteiger partial charge in [0.25, 0.3) is 0 Å². The highest BCUT2D eigenvalue weighted by Gasteiger charge is 2.35. The van der Waals surface area contributed by atoms with E-state index in [0.717, 1.165) is 31.7 Å². The summed E-state index contributed by atoms with van der Waals surface area (Å²) in [5.74, 6) is 0.771. The van der Waals surface area contributed by atoms with Gasteiger partial charge in [0, 0.05) is 11.3 Å². The molecule has 0 amide bonds. The lowest BCUT2D eigenvalue weighted by Gasteiger charge is -2.32. The van der Waals surface area contributed by atoms with Gasteiger partial charge in [-0.15, -0.1) is 0 Å². The van der Waals surface area contributed by atoms with E-state index in [0.29, 0.717) is 5.78 Å². The predicted octanol–water partition coefficient (Wildman–Crippen LogP) is 6.95. The average molecular weight is 345 g/mol. The molecule has 1 rings (SSSR count). The lowest BCUT2D eigenvalue weighted by atomic mass is 9.72. The lowest BCUT2D eigenvalue weighted by Crippen LogP contribution is -2.33. The Kier molecular flexibility index (Phi) is 8.70. The molecule has 0 aromatic heterocycles. The summed E-state index contributed by atoms with van der Waals surface area (Å²) in [6.07, 6.45) is 13.5. The second-order valence-electron chi connectivity index (χ2n) is 8.41. The smallest absolute Gasteiger partial charge is 0.150 e. The van der Waals surface area contributed by atoms with E-state index in [4.69, 9.17) is 11.1 Å². The molecular formula is C19H37ClOSi. The number of ketones is 1. The molecule has 1 saturated carbocycles. The first-order valence-corrected chi connectivity index (χ1v) is 13.7. The van der Waals surface area contributed by atoms with Crippen molar-refractivity contribution in [2.45, 2.75) is 104 Å². The zero-order valence-corrected chi connectivity index (χ0v) is 17.1. The summed E-state index contributed by atoms with van der Waals surface area (Å²) in [6, 6.07) is 1.13. The summed E-state index contributed by atoms with van der Waals surface area (Å²) in [5, 5.41) is 0. The third kappa shape index (κ3) is 7.63. The van der Waals surface area contributed by atoms with Gasteiger partial charge >= 0.3 is 0 Å². The van der Waals surface area contributed by atoms with Gasteiger partial charge in [-0.2, -0.15) is 11.1 Å². The Balaban J connectivity index is 2.67. The largest absolute Gasteiger partial charge is 0.299 e. The molecule has 2 atom stereocenters. The SMILES string of the molecule is CC1CCCCCCCCCC(C)(CCC[Si](C)(C)Cl)C1=O. The van der Waals surface area contributed by atoms with Crippen LogP contribution in [0.1, 0.15) is 84.5 Å². The molecule has 0 aliphatic heterocycles. The Bertz CT molecular complexity index is 337. The van der Waals surface area contributed by atoms with Gasteiger partial charge in [0.15, 0.2) is 0 Å². The van der Waals surface area contributed by atoms with E-state index in [-0.39, 0.29) is 11.3 Å². The molecule has 130 valence electrons. The highest BCUT2D eigenvalue weighted by molar-refractivity contribution is 7.19. The average Bonchev–Trinajstić information content (AvgIpc) is 2.42. The number of hydrogen-bond acceptors (Lipinski definition) is 1. The van der Waals surface area contributed by atoms with Crippen molar-refractivity contribution in [1.29, 1.82) is 0 Å². The van der Waals surface area contributed by atoms with Crippen LogP contribution in [-0.2, 0) is 4.79 Å². The second-order valence-corrected chi connectivity index (χ2v) is 15.4. The van der Waals surface area contributed by atoms with E-state index in [9.17, 15) is 4.79 Å². The third-order valence-electron chi connectivity index (χ3n) is 5.41. The Morgan fingerprint density at radius 3 is 2.23 bits per heavy atom. The molecule has 0 aromatic rings. The summed E-state index contributed by atoms with van der Waals surface area (Å²) in [4.78, 5) is 13.0. The topological polar surface area (TPSA) is 17.1 Å². The number of hydrogen-bond donors (Lipinski definition) is 0. The van der Waals surface area contributed by atoms with Crippen molar-refractivity contribution in [3.8, 4) is 0 Å². The van der Waals surface area contributed by atoms with Crippen LogP contribution in [0.25, 0.3) is 0 Å². The molecular weight excluding hydrogens is 308 g/mol. The number of Topliss-reactive ketones (excluding diaryl/α,β-unsaturated/α-hetero) is 1. The molecule has 0 radical (unpaired) electrons. The Morgan fingerprint density at radius 1 is 1.09 bits per heavy atom. The standard InChI is InChI=1S/C19H37ClOSi/c1-17-13-10-8-6-5-7-9-11-14-19(2,18(17)21)15-12-16-22(3,4)20/h17H,5-16H2,1-4H3. The summed E-state index contributed by atoms with van der Waals surface area (Å²) >= 11 is 6.46. The molecule has 2 unspecified atom stereocenters. The van der Waals surface area contributed by atoms with Crippen LogP contribution in [0.4, 0.5) is 0 Å². The lowest BCUT2D eigenvalue weighted by molar-refractivity contribution is -0.132. The van der Waals surface area contributed by atoms with Crippen LogP contribution in [0.3, 0.4) is 0 Å². The minimum atomic E-state index is -1.51. The van der Waals surface area contributed by atoms with Crippen LogP contribution in [0.2, 0.25) is 19.1 Å². The van der Waals surface area contributed by atoms with Crippen LogP contribution in [0, 0.1) is 11.3 Å². The minimum Gasteiger partial charge on any atom is -0.299 e. The van der Waals surface area contributed by atoms with Gasteiger partial charge in [-0.25, -0.2) is 0 Å². The molecule has 22 heavy (non-hydrogen) atoms. The van der Waals surface area contributed by atoms with E-state index in [1.807, 2.05) is 0 Å². The van der Waals surface area contributed by atoms with Gasteiger partial charge < -0.3 is 0 Å². The first-order chi connectivity index (χ1) is 10.2. The van der Waals surface area contributed by atoms with Crippen molar-refractivity contribution < 1.29 is 4.79 Å². The molecule has 0 aromatic carbocycles. The van der Waals surface area contributed by atoms with Crippen LogP contribution in [0.15, 0.2) is 0 Å². The normalized spacial score (nSPS) is 29.7. The molecule has 3 heteroatoms. The van der Waals surface area contributed by atoms with Crippen LogP contribution in [0.5, 0.6) is 0 Å². The zero-order valence-electron chi connectivity index (χ0n) is 15.3. The third-order valence-corrected chi connectivity index (χ3v) is 7.52. The molecule has 0 heterocycles. The highest BCUT2D eigenvalue weighted by atomic mass is 35.6. The first-order valence-electron chi connectivity index (χ1n) is 9.48. The summed E-state index contributed by atoms with van der Waals surface area (Å²) in [7, 11) is -1.51. The van der Waals surface area contributed by atoms with Crippen molar-refractivity contribution in [2.24, 2.45) is 11.3 Å². The predicted molar refractivity (Wildman–Crippen MR) is 101 cm³/mol. The molecule has 0 spiro atoms. The monoisotopic (exact) mass is 344 g/mol. The van der Waals surface area contributed by atoms with E-state index >= 15 is 0 Å². The zero-order chi connectivity index (χ0) is 16.6. The fraction of sp³-hybridized carbons (Fsp3) is 0.947. The number of carbonyl (C=O) groups excluding carboxylic acids is 1. The fourth-order valence-corrected chi connectivity index (χ4v) is 5.26. The van der Waals surface area contributed by atoms with E-state index in [2.05, 4.69) is 26.9 Å². The maximum Gasteiger partial charge on any atom is 0.150 e. The maximum atomic E-state index is 13.0. The van der Waals surface area contributed by atoms with E-state index in [1.165, 1.54) is 44.9 Å². The van der Waals surface area contributed by atoms with Gasteiger partial charge in [-0.1, -0.05) is 78.3 Å². The second kappa shape index (κ2) is 9.47. The molecule has 0 N–H and O–H groups in total. The molecule has 1 nitrogen and oxygen atoms in total.